The predicted molar refractivity (Wildman–Crippen MR) is 66.8 cm³/mol. The average molecular weight is 265 g/mol. The fourth-order valence-electron chi connectivity index (χ4n) is 1.50. The molecule has 0 fully saturated rings. The van der Waals surface area contributed by atoms with Gasteiger partial charge in [-0.3, -0.25) is 4.98 Å². The molecular formula is C12H13BrN2. The topological polar surface area (TPSA) is 24.9 Å². The first-order chi connectivity index (χ1) is 7.31. The largest absolute Gasteiger partial charge is 0.311 e. The van der Waals surface area contributed by atoms with E-state index in [0.717, 1.165) is 28.8 Å². The van der Waals surface area contributed by atoms with Crippen LogP contribution in [0, 0.1) is 0 Å². The molecule has 0 bridgehead atoms. The third-order valence-corrected chi connectivity index (χ3v) is 2.98. The van der Waals surface area contributed by atoms with E-state index in [0.29, 0.717) is 0 Å². The van der Waals surface area contributed by atoms with Crippen LogP contribution in [0.25, 0.3) is 10.9 Å². The zero-order valence-corrected chi connectivity index (χ0v) is 10.2. The molecule has 1 aromatic heterocycles. The molecule has 3 heteroatoms. The first kappa shape index (κ1) is 10.6. The molecule has 0 atom stereocenters. The van der Waals surface area contributed by atoms with Gasteiger partial charge in [-0.05, 0) is 34.6 Å². The van der Waals surface area contributed by atoms with Gasteiger partial charge in [0.15, 0.2) is 0 Å². The Kier molecular flexibility index (Phi) is 3.34. The van der Waals surface area contributed by atoms with E-state index < -0.39 is 0 Å². The molecule has 2 aromatic rings. The molecule has 0 saturated heterocycles. The van der Waals surface area contributed by atoms with Gasteiger partial charge in [-0.15, -0.1) is 0 Å². The Hall–Kier alpha value is -0.930. The lowest BCUT2D eigenvalue weighted by Gasteiger charge is -2.06. The van der Waals surface area contributed by atoms with Crippen LogP contribution < -0.4 is 5.32 Å². The van der Waals surface area contributed by atoms with Gasteiger partial charge in [0.25, 0.3) is 0 Å². The number of fused-ring (bicyclic) bond motifs is 1. The number of benzene rings is 1. The van der Waals surface area contributed by atoms with Gasteiger partial charge >= 0.3 is 0 Å². The zero-order valence-electron chi connectivity index (χ0n) is 8.63. The number of rotatable bonds is 3. The van der Waals surface area contributed by atoms with Crippen LogP contribution in [0.3, 0.4) is 0 Å². The van der Waals surface area contributed by atoms with Gasteiger partial charge in [0.1, 0.15) is 0 Å². The van der Waals surface area contributed by atoms with Crippen LogP contribution in [0.15, 0.2) is 34.8 Å². The van der Waals surface area contributed by atoms with E-state index in [2.05, 4.69) is 45.3 Å². The molecule has 1 aromatic carbocycles. The first-order valence-electron chi connectivity index (χ1n) is 5.06. The van der Waals surface area contributed by atoms with Crippen LogP contribution in [0.2, 0.25) is 0 Å². The smallest absolute Gasteiger partial charge is 0.0706 e. The second-order valence-corrected chi connectivity index (χ2v) is 4.24. The molecule has 0 saturated carbocycles. The molecule has 0 aliphatic rings. The molecule has 1 N–H and O–H groups in total. The van der Waals surface area contributed by atoms with Crippen LogP contribution in [-0.2, 0) is 6.54 Å². The number of aromatic nitrogens is 1. The second kappa shape index (κ2) is 4.73. The third kappa shape index (κ3) is 2.36. The first-order valence-corrected chi connectivity index (χ1v) is 5.85. The molecule has 0 unspecified atom stereocenters. The van der Waals surface area contributed by atoms with Gasteiger partial charge < -0.3 is 5.32 Å². The van der Waals surface area contributed by atoms with Gasteiger partial charge in [0.05, 0.1) is 11.2 Å². The highest BCUT2D eigenvalue weighted by atomic mass is 79.9. The Labute approximate surface area is 97.8 Å². The summed E-state index contributed by atoms with van der Waals surface area (Å²) in [5, 5.41) is 4.45. The quantitative estimate of drug-likeness (QED) is 0.922. The van der Waals surface area contributed by atoms with Crippen molar-refractivity contribution in [2.24, 2.45) is 0 Å². The Morgan fingerprint density at radius 1 is 1.33 bits per heavy atom. The Bertz CT molecular complexity index is 468. The van der Waals surface area contributed by atoms with E-state index in [1.165, 1.54) is 5.39 Å². The minimum absolute atomic E-state index is 0.807. The maximum absolute atomic E-state index is 4.60. The van der Waals surface area contributed by atoms with Gasteiger partial charge in [0.2, 0.25) is 0 Å². The number of hydrogen-bond donors (Lipinski definition) is 1. The lowest BCUT2D eigenvalue weighted by Crippen LogP contribution is -2.13. The Balaban J connectivity index is 2.43. The molecule has 2 rings (SSSR count). The van der Waals surface area contributed by atoms with Crippen molar-refractivity contribution >= 4 is 26.8 Å². The molecule has 0 aliphatic heterocycles. The fraction of sp³-hybridized carbons (Fsp3) is 0.250. The number of pyridine rings is 1. The molecule has 0 aliphatic carbocycles. The minimum Gasteiger partial charge on any atom is -0.311 e. The van der Waals surface area contributed by atoms with Gasteiger partial charge in [-0.1, -0.05) is 25.1 Å². The standard InChI is InChI=1S/C12H13BrN2/c1-2-14-8-12-10(13)7-9-5-3-4-6-11(9)15-12/h3-7,14H,2,8H2,1H3. The van der Waals surface area contributed by atoms with Gasteiger partial charge in [-0.2, -0.15) is 0 Å². The molecule has 2 nitrogen and oxygen atoms in total. The highest BCUT2D eigenvalue weighted by Crippen LogP contribution is 2.21. The third-order valence-electron chi connectivity index (χ3n) is 2.29. The van der Waals surface area contributed by atoms with Crippen LogP contribution >= 0.6 is 15.9 Å². The molecule has 78 valence electrons. The fourth-order valence-corrected chi connectivity index (χ4v) is 1.97. The zero-order chi connectivity index (χ0) is 10.7. The Morgan fingerprint density at radius 2 is 2.13 bits per heavy atom. The number of nitrogens with zero attached hydrogens (tertiary/aromatic N) is 1. The van der Waals surface area contributed by atoms with Crippen molar-refractivity contribution in [2.45, 2.75) is 13.5 Å². The van der Waals surface area contributed by atoms with Crippen LogP contribution in [0.1, 0.15) is 12.6 Å². The van der Waals surface area contributed by atoms with Gasteiger partial charge in [-0.25, -0.2) is 0 Å². The van der Waals surface area contributed by atoms with E-state index in [4.69, 9.17) is 0 Å². The van der Waals surface area contributed by atoms with E-state index in [1.54, 1.807) is 0 Å². The number of para-hydroxylation sites is 1. The summed E-state index contributed by atoms with van der Waals surface area (Å²) in [6, 6.07) is 10.3. The predicted octanol–water partition coefficient (Wildman–Crippen LogP) is 3.11. The number of nitrogens with one attached hydrogen (secondary N) is 1. The number of halogens is 1. The van der Waals surface area contributed by atoms with E-state index in [9.17, 15) is 0 Å². The van der Waals surface area contributed by atoms with Crippen LogP contribution in [0.4, 0.5) is 0 Å². The van der Waals surface area contributed by atoms with E-state index in [-0.39, 0.29) is 0 Å². The summed E-state index contributed by atoms with van der Waals surface area (Å²) >= 11 is 3.55. The van der Waals surface area contributed by atoms with Crippen molar-refractivity contribution in [3.8, 4) is 0 Å². The molecule has 0 amide bonds. The molecular weight excluding hydrogens is 252 g/mol. The molecule has 15 heavy (non-hydrogen) atoms. The average Bonchev–Trinajstić information content (AvgIpc) is 2.26. The van der Waals surface area contributed by atoms with Gasteiger partial charge in [0, 0.05) is 16.4 Å². The number of hydrogen-bond acceptors (Lipinski definition) is 2. The van der Waals surface area contributed by atoms with Crippen molar-refractivity contribution < 1.29 is 0 Å². The SMILES string of the molecule is CCNCc1nc2ccccc2cc1Br. The summed E-state index contributed by atoms with van der Waals surface area (Å²) in [5.41, 5.74) is 2.11. The lowest BCUT2D eigenvalue weighted by atomic mass is 10.2. The molecule has 0 radical (unpaired) electrons. The van der Waals surface area contributed by atoms with Crippen molar-refractivity contribution in [3.05, 3.63) is 40.5 Å². The highest BCUT2D eigenvalue weighted by molar-refractivity contribution is 9.10. The van der Waals surface area contributed by atoms with Crippen molar-refractivity contribution in [2.75, 3.05) is 6.54 Å². The lowest BCUT2D eigenvalue weighted by molar-refractivity contribution is 0.710. The normalized spacial score (nSPS) is 10.8. The summed E-state index contributed by atoms with van der Waals surface area (Å²) in [6.45, 7) is 3.86. The summed E-state index contributed by atoms with van der Waals surface area (Å²) in [5.74, 6) is 0. The monoisotopic (exact) mass is 264 g/mol. The molecule has 0 spiro atoms. The second-order valence-electron chi connectivity index (χ2n) is 3.39. The van der Waals surface area contributed by atoms with Crippen molar-refractivity contribution in [1.29, 1.82) is 0 Å². The summed E-state index contributed by atoms with van der Waals surface area (Å²) in [6.07, 6.45) is 0. The minimum atomic E-state index is 0.807. The van der Waals surface area contributed by atoms with Crippen LogP contribution in [0.5, 0.6) is 0 Å². The molecule has 1 heterocycles. The summed E-state index contributed by atoms with van der Waals surface area (Å²) in [4.78, 5) is 4.60. The summed E-state index contributed by atoms with van der Waals surface area (Å²) in [7, 11) is 0. The maximum atomic E-state index is 4.60. The van der Waals surface area contributed by atoms with Crippen LogP contribution in [-0.4, -0.2) is 11.5 Å². The Morgan fingerprint density at radius 3 is 2.93 bits per heavy atom. The van der Waals surface area contributed by atoms with E-state index in [1.807, 2.05) is 18.2 Å². The highest BCUT2D eigenvalue weighted by Gasteiger charge is 2.03. The van der Waals surface area contributed by atoms with E-state index >= 15 is 0 Å². The van der Waals surface area contributed by atoms with Crippen molar-refractivity contribution in [3.63, 3.8) is 0 Å². The van der Waals surface area contributed by atoms with Crippen molar-refractivity contribution in [1.82, 2.24) is 10.3 Å². The maximum Gasteiger partial charge on any atom is 0.0706 e. The summed E-state index contributed by atoms with van der Waals surface area (Å²) < 4.78 is 1.07.